The summed E-state index contributed by atoms with van der Waals surface area (Å²) >= 11 is 7.25. The molecule has 1 amide bonds. The Balaban J connectivity index is 1.48. The summed E-state index contributed by atoms with van der Waals surface area (Å²) in [5, 5.41) is 4.36. The van der Waals surface area contributed by atoms with Crippen molar-refractivity contribution >= 4 is 54.8 Å². The van der Waals surface area contributed by atoms with Gasteiger partial charge in [0.1, 0.15) is 0 Å². The molecular formula is C19H18ClN3O3S2. The number of rotatable bonds is 4. The SMILES string of the molecule is O=C(Nc1ccc2sncc2c1)[C@@H]1CCCN(S(=O)(=O)c2ccc(Cl)cc2)C1. The summed E-state index contributed by atoms with van der Waals surface area (Å²) in [7, 11) is -3.65. The third kappa shape index (κ3) is 3.91. The third-order valence-corrected chi connectivity index (χ3v) is 7.74. The van der Waals surface area contributed by atoms with Crippen molar-refractivity contribution in [3.8, 4) is 0 Å². The fraction of sp³-hybridized carbons (Fsp3) is 0.263. The van der Waals surface area contributed by atoms with Crippen molar-refractivity contribution in [1.29, 1.82) is 0 Å². The number of anilines is 1. The van der Waals surface area contributed by atoms with E-state index >= 15 is 0 Å². The Hall–Kier alpha value is -2.00. The zero-order valence-corrected chi connectivity index (χ0v) is 17.2. The van der Waals surface area contributed by atoms with Crippen LogP contribution in [0.2, 0.25) is 5.02 Å². The molecule has 6 nitrogen and oxygen atoms in total. The highest BCUT2D eigenvalue weighted by molar-refractivity contribution is 7.89. The summed E-state index contributed by atoms with van der Waals surface area (Å²) in [4.78, 5) is 12.9. The van der Waals surface area contributed by atoms with Gasteiger partial charge in [0.2, 0.25) is 15.9 Å². The molecule has 28 heavy (non-hydrogen) atoms. The minimum Gasteiger partial charge on any atom is -0.326 e. The Labute approximate surface area is 172 Å². The van der Waals surface area contributed by atoms with E-state index in [1.165, 1.54) is 28.0 Å². The van der Waals surface area contributed by atoms with Gasteiger partial charge in [-0.3, -0.25) is 4.79 Å². The standard InChI is InChI=1S/C19H18ClN3O3S2/c20-15-3-6-17(7-4-15)28(25,26)23-9-1-2-13(12-23)19(24)22-16-5-8-18-14(10-16)11-21-27-18/h3-8,10-11,13H,1-2,9,12H2,(H,22,24)/t13-/m1/s1. The third-order valence-electron chi connectivity index (χ3n) is 4.83. The van der Waals surface area contributed by atoms with Crippen LogP contribution in [0.25, 0.3) is 10.1 Å². The van der Waals surface area contributed by atoms with E-state index in [1.54, 1.807) is 18.3 Å². The van der Waals surface area contributed by atoms with Crippen LogP contribution < -0.4 is 5.32 Å². The van der Waals surface area contributed by atoms with Crippen LogP contribution in [0.1, 0.15) is 12.8 Å². The van der Waals surface area contributed by atoms with Crippen LogP contribution in [-0.2, 0) is 14.8 Å². The second kappa shape index (κ2) is 7.79. The number of nitrogens with one attached hydrogen (secondary N) is 1. The fourth-order valence-corrected chi connectivity index (χ4v) is 5.60. The second-order valence-corrected chi connectivity index (χ2v) is 9.93. The number of sulfonamides is 1. The first-order chi connectivity index (χ1) is 13.4. The van der Waals surface area contributed by atoms with E-state index in [9.17, 15) is 13.2 Å². The lowest BCUT2D eigenvalue weighted by Gasteiger charge is -2.31. The summed E-state index contributed by atoms with van der Waals surface area (Å²) in [6.07, 6.45) is 3.05. The molecule has 0 spiro atoms. The summed E-state index contributed by atoms with van der Waals surface area (Å²) in [6.45, 7) is 0.570. The topological polar surface area (TPSA) is 79.4 Å². The van der Waals surface area contributed by atoms with E-state index in [0.29, 0.717) is 30.1 Å². The van der Waals surface area contributed by atoms with Gasteiger partial charge in [0.15, 0.2) is 0 Å². The molecule has 1 saturated heterocycles. The van der Waals surface area contributed by atoms with Gasteiger partial charge >= 0.3 is 0 Å². The molecule has 146 valence electrons. The van der Waals surface area contributed by atoms with Crippen LogP contribution in [0.4, 0.5) is 5.69 Å². The van der Waals surface area contributed by atoms with Crippen molar-refractivity contribution in [2.24, 2.45) is 5.92 Å². The molecule has 0 saturated carbocycles. The van der Waals surface area contributed by atoms with Crippen LogP contribution >= 0.6 is 23.1 Å². The highest BCUT2D eigenvalue weighted by Gasteiger charge is 2.33. The lowest BCUT2D eigenvalue weighted by molar-refractivity contribution is -0.120. The first kappa shape index (κ1) is 19.3. The van der Waals surface area contributed by atoms with E-state index < -0.39 is 15.9 Å². The molecule has 4 rings (SSSR count). The van der Waals surface area contributed by atoms with Crippen LogP contribution in [0.15, 0.2) is 53.6 Å². The van der Waals surface area contributed by atoms with Gasteiger partial charge in [-0.25, -0.2) is 8.42 Å². The smallest absolute Gasteiger partial charge is 0.243 e. The quantitative estimate of drug-likeness (QED) is 0.672. The zero-order chi connectivity index (χ0) is 19.7. The summed E-state index contributed by atoms with van der Waals surface area (Å²) in [5.41, 5.74) is 0.690. The van der Waals surface area contributed by atoms with Crippen LogP contribution in [-0.4, -0.2) is 36.1 Å². The normalized spacial score (nSPS) is 18.2. The first-order valence-electron chi connectivity index (χ1n) is 8.84. The fourth-order valence-electron chi connectivity index (χ4n) is 3.32. The highest BCUT2D eigenvalue weighted by atomic mass is 35.5. The first-order valence-corrected chi connectivity index (χ1v) is 11.4. The summed E-state index contributed by atoms with van der Waals surface area (Å²) in [6, 6.07) is 11.7. The van der Waals surface area contributed by atoms with Crippen LogP contribution in [0.3, 0.4) is 0 Å². The average molecular weight is 436 g/mol. The van der Waals surface area contributed by atoms with E-state index in [4.69, 9.17) is 11.6 Å². The highest BCUT2D eigenvalue weighted by Crippen LogP contribution is 2.27. The Kier molecular flexibility index (Phi) is 5.37. The number of nitrogens with zero attached hydrogens (tertiary/aromatic N) is 2. The number of amides is 1. The number of carbonyl (C=O) groups excluding carboxylic acids is 1. The van der Waals surface area contributed by atoms with Gasteiger partial charge in [0.25, 0.3) is 0 Å². The van der Waals surface area contributed by atoms with E-state index in [-0.39, 0.29) is 17.3 Å². The molecule has 0 unspecified atom stereocenters. The average Bonchev–Trinajstić information content (AvgIpc) is 3.16. The number of fused-ring (bicyclic) bond motifs is 1. The number of benzene rings is 2. The molecule has 1 aliphatic heterocycles. The van der Waals surface area contributed by atoms with Crippen molar-refractivity contribution in [3.63, 3.8) is 0 Å². The zero-order valence-electron chi connectivity index (χ0n) is 14.8. The number of hydrogen-bond donors (Lipinski definition) is 1. The molecule has 9 heteroatoms. The Morgan fingerprint density at radius 2 is 2.00 bits per heavy atom. The van der Waals surface area contributed by atoms with Crippen molar-refractivity contribution in [1.82, 2.24) is 8.68 Å². The molecule has 1 fully saturated rings. The van der Waals surface area contributed by atoms with Crippen molar-refractivity contribution in [2.75, 3.05) is 18.4 Å². The maximum Gasteiger partial charge on any atom is 0.243 e. The number of piperidine rings is 1. The predicted molar refractivity (Wildman–Crippen MR) is 111 cm³/mol. The number of aromatic nitrogens is 1. The number of halogens is 1. The monoisotopic (exact) mass is 435 g/mol. The molecule has 1 atom stereocenters. The molecule has 1 N–H and O–H groups in total. The van der Waals surface area contributed by atoms with E-state index in [2.05, 4.69) is 9.69 Å². The number of carbonyl (C=O) groups is 1. The van der Waals surface area contributed by atoms with Gasteiger partial charge < -0.3 is 5.32 Å². The molecule has 2 aromatic carbocycles. The van der Waals surface area contributed by atoms with Gasteiger partial charge in [-0.2, -0.15) is 8.68 Å². The van der Waals surface area contributed by atoms with Gasteiger partial charge in [-0.15, -0.1) is 0 Å². The minimum atomic E-state index is -3.65. The molecule has 2 heterocycles. The maximum absolute atomic E-state index is 12.9. The van der Waals surface area contributed by atoms with Gasteiger partial charge in [-0.05, 0) is 66.8 Å². The van der Waals surface area contributed by atoms with E-state index in [1.807, 2.05) is 18.2 Å². The lowest BCUT2D eigenvalue weighted by Crippen LogP contribution is -2.43. The van der Waals surface area contributed by atoms with Crippen molar-refractivity contribution in [3.05, 3.63) is 53.7 Å². The summed E-state index contributed by atoms with van der Waals surface area (Å²) < 4.78 is 32.3. The van der Waals surface area contributed by atoms with Crippen LogP contribution in [0.5, 0.6) is 0 Å². The molecule has 0 radical (unpaired) electrons. The molecule has 3 aromatic rings. The minimum absolute atomic E-state index is 0.166. The maximum atomic E-state index is 12.9. The van der Waals surface area contributed by atoms with Gasteiger partial charge in [0, 0.05) is 35.4 Å². The lowest BCUT2D eigenvalue weighted by atomic mass is 9.98. The van der Waals surface area contributed by atoms with Crippen molar-refractivity contribution < 1.29 is 13.2 Å². The van der Waals surface area contributed by atoms with E-state index in [0.717, 1.165) is 10.1 Å². The molecular weight excluding hydrogens is 418 g/mol. The molecule has 1 aromatic heterocycles. The Morgan fingerprint density at radius 3 is 2.79 bits per heavy atom. The second-order valence-electron chi connectivity index (χ2n) is 6.72. The van der Waals surface area contributed by atoms with Crippen LogP contribution in [0, 0.1) is 5.92 Å². The molecule has 0 bridgehead atoms. The molecule has 0 aliphatic carbocycles. The van der Waals surface area contributed by atoms with Crippen molar-refractivity contribution in [2.45, 2.75) is 17.7 Å². The Morgan fingerprint density at radius 1 is 1.21 bits per heavy atom. The van der Waals surface area contributed by atoms with Gasteiger partial charge in [-0.1, -0.05) is 11.6 Å². The summed E-state index contributed by atoms with van der Waals surface area (Å²) in [5.74, 6) is -0.564. The number of hydrogen-bond acceptors (Lipinski definition) is 5. The largest absolute Gasteiger partial charge is 0.326 e. The van der Waals surface area contributed by atoms with Gasteiger partial charge in [0.05, 0.1) is 15.5 Å². The Bertz CT molecular complexity index is 1110. The molecule has 1 aliphatic rings. The predicted octanol–water partition coefficient (Wildman–Crippen LogP) is 3.99.